The lowest BCUT2D eigenvalue weighted by molar-refractivity contribution is 0.114. The second-order valence-electron chi connectivity index (χ2n) is 6.33. The molecular weight excluding hydrogens is 380 g/mol. The average molecular weight is 402 g/mol. The number of halogens is 2. The number of piperazine rings is 1. The van der Waals surface area contributed by atoms with Crippen LogP contribution in [0.1, 0.15) is 10.9 Å². The van der Waals surface area contributed by atoms with Crippen LogP contribution in [0.4, 0.5) is 8.78 Å². The molecule has 1 atom stereocenters. The number of sulfonamides is 1. The molecule has 1 N–H and O–H groups in total. The van der Waals surface area contributed by atoms with Crippen molar-refractivity contribution in [3.8, 4) is 0 Å². The van der Waals surface area contributed by atoms with Crippen molar-refractivity contribution < 1.29 is 17.2 Å². The monoisotopic (exact) mass is 401 g/mol. The predicted molar refractivity (Wildman–Crippen MR) is 97.7 cm³/mol. The van der Waals surface area contributed by atoms with E-state index in [0.717, 1.165) is 43.2 Å². The Balaban J connectivity index is 1.77. The van der Waals surface area contributed by atoms with Gasteiger partial charge in [-0.3, -0.25) is 4.90 Å². The van der Waals surface area contributed by atoms with Gasteiger partial charge in [-0.1, -0.05) is 6.07 Å². The summed E-state index contributed by atoms with van der Waals surface area (Å²) in [4.78, 5) is 5.11. The Kier molecular flexibility index (Phi) is 6.03. The number of nitrogens with zero attached hydrogens (tertiary/aromatic N) is 2. The van der Waals surface area contributed by atoms with E-state index in [4.69, 9.17) is 0 Å². The Bertz CT molecular complexity index is 815. The largest absolute Gasteiger partial charge is 0.304 e. The van der Waals surface area contributed by atoms with Crippen LogP contribution in [0, 0.1) is 11.6 Å². The van der Waals surface area contributed by atoms with Crippen molar-refractivity contribution in [1.82, 2.24) is 14.5 Å². The highest BCUT2D eigenvalue weighted by atomic mass is 32.2. The Morgan fingerprint density at radius 3 is 2.38 bits per heavy atom. The van der Waals surface area contributed by atoms with E-state index in [1.165, 1.54) is 0 Å². The minimum Gasteiger partial charge on any atom is -0.304 e. The maximum absolute atomic E-state index is 13.4. The van der Waals surface area contributed by atoms with Gasteiger partial charge in [0.15, 0.2) is 0 Å². The van der Waals surface area contributed by atoms with Crippen LogP contribution in [0.3, 0.4) is 0 Å². The third kappa shape index (κ3) is 4.66. The van der Waals surface area contributed by atoms with Crippen LogP contribution in [0.15, 0.2) is 40.6 Å². The fourth-order valence-electron chi connectivity index (χ4n) is 2.98. The first-order chi connectivity index (χ1) is 12.3. The Hall–Kier alpha value is -1.39. The molecule has 1 saturated heterocycles. The van der Waals surface area contributed by atoms with E-state index < -0.39 is 26.6 Å². The van der Waals surface area contributed by atoms with E-state index in [1.807, 2.05) is 17.5 Å². The van der Waals surface area contributed by atoms with Crippen LogP contribution < -0.4 is 4.72 Å². The normalized spacial score (nSPS) is 18.1. The zero-order chi connectivity index (χ0) is 18.7. The van der Waals surface area contributed by atoms with Crippen LogP contribution in [0.25, 0.3) is 0 Å². The van der Waals surface area contributed by atoms with Gasteiger partial charge in [-0.05, 0) is 30.6 Å². The molecular formula is C17H21F2N3O2S2. The topological polar surface area (TPSA) is 52.6 Å². The Morgan fingerprint density at radius 1 is 1.15 bits per heavy atom. The molecule has 9 heteroatoms. The number of nitrogens with one attached hydrogen (secondary N) is 1. The summed E-state index contributed by atoms with van der Waals surface area (Å²) in [6.07, 6.45) is 0. The van der Waals surface area contributed by atoms with Crippen LogP contribution in [0.2, 0.25) is 0 Å². The van der Waals surface area contributed by atoms with Crippen molar-refractivity contribution in [3.05, 3.63) is 52.2 Å². The number of hydrogen-bond donors (Lipinski definition) is 1. The molecule has 3 rings (SSSR count). The van der Waals surface area contributed by atoms with Crippen LogP contribution in [-0.4, -0.2) is 58.0 Å². The minimum absolute atomic E-state index is 0.114. The maximum Gasteiger partial charge on any atom is 0.240 e. The van der Waals surface area contributed by atoms with Gasteiger partial charge in [-0.2, -0.15) is 0 Å². The number of likely N-dealkylation sites (N-methyl/N-ethyl adjacent to an activating group) is 1. The highest BCUT2D eigenvalue weighted by Crippen LogP contribution is 2.26. The lowest BCUT2D eigenvalue weighted by Gasteiger charge is -2.37. The molecule has 0 spiro atoms. The van der Waals surface area contributed by atoms with Gasteiger partial charge in [-0.25, -0.2) is 21.9 Å². The summed E-state index contributed by atoms with van der Waals surface area (Å²) < 4.78 is 54.2. The van der Waals surface area contributed by atoms with Gasteiger partial charge < -0.3 is 4.90 Å². The molecule has 1 fully saturated rings. The van der Waals surface area contributed by atoms with Gasteiger partial charge in [0.05, 0.1) is 10.9 Å². The number of thiophene rings is 1. The molecule has 1 aliphatic heterocycles. The zero-order valence-electron chi connectivity index (χ0n) is 14.4. The van der Waals surface area contributed by atoms with E-state index in [2.05, 4.69) is 21.6 Å². The summed E-state index contributed by atoms with van der Waals surface area (Å²) in [6.45, 7) is 3.61. The highest BCUT2D eigenvalue weighted by Gasteiger charge is 2.27. The third-order valence-electron chi connectivity index (χ3n) is 4.46. The molecule has 0 radical (unpaired) electrons. The molecule has 1 aromatic carbocycles. The average Bonchev–Trinajstić information content (AvgIpc) is 3.10. The number of hydrogen-bond acceptors (Lipinski definition) is 5. The first-order valence-corrected chi connectivity index (χ1v) is 10.6. The molecule has 142 valence electrons. The van der Waals surface area contributed by atoms with E-state index in [1.54, 1.807) is 11.3 Å². The van der Waals surface area contributed by atoms with Crippen LogP contribution in [0.5, 0.6) is 0 Å². The third-order valence-corrected chi connectivity index (χ3v) is 6.84. The standard InChI is InChI=1S/C17H21F2N3O2S2/c1-21-4-6-22(7-5-21)16(17-3-2-8-25-17)12-20-26(23,24)15-10-13(18)9-14(19)11-15/h2-3,8-11,16,20H,4-7,12H2,1H3. The summed E-state index contributed by atoms with van der Waals surface area (Å²) in [5, 5.41) is 1.95. The fourth-order valence-corrected chi connectivity index (χ4v) is 4.92. The molecule has 0 bridgehead atoms. The SMILES string of the molecule is CN1CCN(C(CNS(=O)(=O)c2cc(F)cc(F)c2)c2cccs2)CC1. The lowest BCUT2D eigenvalue weighted by Crippen LogP contribution is -2.48. The smallest absolute Gasteiger partial charge is 0.240 e. The second kappa shape index (κ2) is 8.10. The molecule has 0 aliphatic carbocycles. The summed E-state index contributed by atoms with van der Waals surface area (Å²) in [7, 11) is -1.95. The van der Waals surface area contributed by atoms with Crippen LogP contribution >= 0.6 is 11.3 Å². The van der Waals surface area contributed by atoms with Gasteiger partial charge in [-0.15, -0.1) is 11.3 Å². The Morgan fingerprint density at radius 2 is 1.81 bits per heavy atom. The summed E-state index contributed by atoms with van der Waals surface area (Å²) in [6, 6.07) is 6.08. The van der Waals surface area contributed by atoms with Crippen molar-refractivity contribution in [3.63, 3.8) is 0 Å². The highest BCUT2D eigenvalue weighted by molar-refractivity contribution is 7.89. The summed E-state index contributed by atoms with van der Waals surface area (Å²) >= 11 is 1.57. The first-order valence-electron chi connectivity index (χ1n) is 8.27. The molecule has 2 heterocycles. The predicted octanol–water partition coefficient (Wildman–Crippen LogP) is 2.29. The molecule has 1 aliphatic rings. The quantitative estimate of drug-likeness (QED) is 0.807. The summed E-state index contributed by atoms with van der Waals surface area (Å²) in [5.74, 6) is -1.83. The van der Waals surface area contributed by atoms with E-state index >= 15 is 0 Å². The maximum atomic E-state index is 13.4. The first kappa shape index (κ1) is 19.4. The van der Waals surface area contributed by atoms with E-state index in [9.17, 15) is 17.2 Å². The van der Waals surface area contributed by atoms with Crippen LogP contribution in [-0.2, 0) is 10.0 Å². The number of rotatable bonds is 6. The van der Waals surface area contributed by atoms with Crippen molar-refractivity contribution >= 4 is 21.4 Å². The summed E-state index contributed by atoms with van der Waals surface area (Å²) in [5.41, 5.74) is 0. The van der Waals surface area contributed by atoms with Crippen molar-refractivity contribution in [1.29, 1.82) is 0 Å². The molecule has 5 nitrogen and oxygen atoms in total. The zero-order valence-corrected chi connectivity index (χ0v) is 16.0. The van der Waals surface area contributed by atoms with Gasteiger partial charge in [0, 0.05) is 43.7 Å². The number of benzene rings is 1. The van der Waals surface area contributed by atoms with E-state index in [0.29, 0.717) is 6.07 Å². The van der Waals surface area contributed by atoms with Crippen molar-refractivity contribution in [2.45, 2.75) is 10.9 Å². The molecule has 1 aromatic heterocycles. The molecule has 26 heavy (non-hydrogen) atoms. The van der Waals surface area contributed by atoms with Gasteiger partial charge in [0.2, 0.25) is 10.0 Å². The molecule has 1 unspecified atom stereocenters. The Labute approximate surface area is 156 Å². The van der Waals surface area contributed by atoms with Crippen molar-refractivity contribution in [2.24, 2.45) is 0 Å². The lowest BCUT2D eigenvalue weighted by atomic mass is 10.2. The molecule has 2 aromatic rings. The van der Waals surface area contributed by atoms with Gasteiger partial charge in [0.25, 0.3) is 0 Å². The van der Waals surface area contributed by atoms with E-state index in [-0.39, 0.29) is 12.6 Å². The van der Waals surface area contributed by atoms with Gasteiger partial charge in [0.1, 0.15) is 11.6 Å². The fraction of sp³-hybridized carbons (Fsp3) is 0.412. The van der Waals surface area contributed by atoms with Gasteiger partial charge >= 0.3 is 0 Å². The van der Waals surface area contributed by atoms with Crippen molar-refractivity contribution in [2.75, 3.05) is 39.8 Å². The molecule has 0 amide bonds. The second-order valence-corrected chi connectivity index (χ2v) is 9.07. The molecule has 0 saturated carbocycles. The minimum atomic E-state index is -4.00.